The predicted octanol–water partition coefficient (Wildman–Crippen LogP) is 2.98. The molecule has 0 atom stereocenters. The van der Waals surface area contributed by atoms with Crippen molar-refractivity contribution in [3.63, 3.8) is 0 Å². The van der Waals surface area contributed by atoms with E-state index in [0.717, 1.165) is 17.9 Å². The van der Waals surface area contributed by atoms with Gasteiger partial charge in [-0.1, -0.05) is 6.92 Å². The van der Waals surface area contributed by atoms with Crippen molar-refractivity contribution in [2.75, 3.05) is 11.9 Å². The number of nitrogens with zero attached hydrogens (tertiary/aromatic N) is 2. The number of hydrogen-bond donors (Lipinski definition) is 0. The second-order valence-corrected chi connectivity index (χ2v) is 4.42. The summed E-state index contributed by atoms with van der Waals surface area (Å²) in [4.78, 5) is 6.90. The summed E-state index contributed by atoms with van der Waals surface area (Å²) in [6, 6.07) is 4.90. The molecule has 1 aliphatic rings. The lowest BCUT2D eigenvalue weighted by Crippen LogP contribution is -2.21. The van der Waals surface area contributed by atoms with Gasteiger partial charge in [0.1, 0.15) is 5.82 Å². The number of rotatable bonds is 4. The molecule has 3 heteroatoms. The van der Waals surface area contributed by atoms with Crippen LogP contribution in [0.2, 0.25) is 0 Å². The van der Waals surface area contributed by atoms with E-state index in [1.54, 1.807) is 0 Å². The Labute approximate surface area is 96.3 Å². The van der Waals surface area contributed by atoms with Crippen LogP contribution in [-0.2, 0) is 12.3 Å². The molecule has 0 aliphatic heterocycles. The van der Waals surface area contributed by atoms with Crippen LogP contribution in [0, 0.1) is 0 Å². The molecular formula is C12H17ClN2. The molecule has 0 radical (unpaired) electrons. The maximum absolute atomic E-state index is 5.88. The average molecular weight is 225 g/mol. The van der Waals surface area contributed by atoms with Crippen LogP contribution in [0.4, 0.5) is 5.82 Å². The summed E-state index contributed by atoms with van der Waals surface area (Å²) in [6.07, 6.45) is 3.56. The number of hydrogen-bond acceptors (Lipinski definition) is 2. The van der Waals surface area contributed by atoms with E-state index in [2.05, 4.69) is 36.0 Å². The molecule has 2 nitrogen and oxygen atoms in total. The van der Waals surface area contributed by atoms with Gasteiger partial charge in [0.15, 0.2) is 0 Å². The van der Waals surface area contributed by atoms with Crippen LogP contribution >= 0.6 is 11.6 Å². The molecule has 0 N–H and O–H groups in total. The fourth-order valence-electron chi connectivity index (χ4n) is 1.72. The lowest BCUT2D eigenvalue weighted by molar-refractivity contribution is 0.875. The lowest BCUT2D eigenvalue weighted by atomic mass is 10.2. The Morgan fingerprint density at radius 1 is 1.47 bits per heavy atom. The molecule has 2 rings (SSSR count). The van der Waals surface area contributed by atoms with Gasteiger partial charge in [-0.25, -0.2) is 4.98 Å². The van der Waals surface area contributed by atoms with Crippen molar-refractivity contribution in [2.24, 2.45) is 0 Å². The molecule has 1 aliphatic carbocycles. The fraction of sp³-hybridized carbons (Fsp3) is 0.583. The first-order chi connectivity index (χ1) is 7.24. The van der Waals surface area contributed by atoms with Gasteiger partial charge in [-0.05, 0) is 37.0 Å². The highest BCUT2D eigenvalue weighted by molar-refractivity contribution is 6.17. The van der Waals surface area contributed by atoms with Gasteiger partial charge in [-0.3, -0.25) is 0 Å². The summed E-state index contributed by atoms with van der Waals surface area (Å²) in [5.74, 6) is 1.65. The second kappa shape index (κ2) is 4.40. The smallest absolute Gasteiger partial charge is 0.129 e. The van der Waals surface area contributed by atoms with Crippen molar-refractivity contribution in [3.8, 4) is 0 Å². The molecule has 0 unspecified atom stereocenters. The van der Waals surface area contributed by atoms with Crippen molar-refractivity contribution in [3.05, 3.63) is 23.4 Å². The molecule has 0 spiro atoms. The van der Waals surface area contributed by atoms with Gasteiger partial charge < -0.3 is 4.90 Å². The van der Waals surface area contributed by atoms with Gasteiger partial charge in [0.05, 0.1) is 0 Å². The number of alkyl halides is 1. The highest BCUT2D eigenvalue weighted by atomic mass is 35.5. The predicted molar refractivity (Wildman–Crippen MR) is 64.6 cm³/mol. The molecule has 1 saturated carbocycles. The molecule has 0 saturated heterocycles. The SMILES string of the molecule is CCc1cc(CCl)cc(N(C)C2CC2)n1. The average Bonchev–Trinajstić information content (AvgIpc) is 3.11. The summed E-state index contributed by atoms with van der Waals surface area (Å²) >= 11 is 5.88. The number of aromatic nitrogens is 1. The van der Waals surface area contributed by atoms with Crippen molar-refractivity contribution in [2.45, 2.75) is 38.1 Å². The van der Waals surface area contributed by atoms with Crippen LogP contribution in [0.5, 0.6) is 0 Å². The Balaban J connectivity index is 2.28. The highest BCUT2D eigenvalue weighted by Crippen LogP contribution is 2.29. The van der Waals surface area contributed by atoms with Crippen molar-refractivity contribution < 1.29 is 0 Å². The molecule has 1 heterocycles. The summed E-state index contributed by atoms with van der Waals surface area (Å²) in [7, 11) is 2.12. The van der Waals surface area contributed by atoms with Crippen LogP contribution in [-0.4, -0.2) is 18.1 Å². The molecule has 0 bridgehead atoms. The maximum atomic E-state index is 5.88. The molecule has 0 aromatic carbocycles. The standard InChI is InChI=1S/C12H17ClN2/c1-3-10-6-9(8-13)7-12(14-10)15(2)11-4-5-11/h6-7,11H,3-5,8H2,1-2H3. The molecule has 15 heavy (non-hydrogen) atoms. The summed E-state index contributed by atoms with van der Waals surface area (Å²) in [6.45, 7) is 2.13. The number of aryl methyl sites for hydroxylation is 1. The first-order valence-electron chi connectivity index (χ1n) is 5.53. The zero-order valence-electron chi connectivity index (χ0n) is 9.33. The largest absolute Gasteiger partial charge is 0.357 e. The van der Waals surface area contributed by atoms with Crippen molar-refractivity contribution >= 4 is 17.4 Å². The van der Waals surface area contributed by atoms with E-state index < -0.39 is 0 Å². The normalized spacial score (nSPS) is 15.4. The Hall–Kier alpha value is -0.760. The van der Waals surface area contributed by atoms with E-state index in [9.17, 15) is 0 Å². The minimum absolute atomic E-state index is 0.570. The van der Waals surface area contributed by atoms with E-state index in [4.69, 9.17) is 11.6 Å². The van der Waals surface area contributed by atoms with Crippen LogP contribution in [0.1, 0.15) is 31.0 Å². The monoisotopic (exact) mass is 224 g/mol. The van der Waals surface area contributed by atoms with E-state index in [0.29, 0.717) is 11.9 Å². The van der Waals surface area contributed by atoms with E-state index >= 15 is 0 Å². The number of anilines is 1. The van der Waals surface area contributed by atoms with Crippen molar-refractivity contribution in [1.29, 1.82) is 0 Å². The first-order valence-corrected chi connectivity index (χ1v) is 6.06. The lowest BCUT2D eigenvalue weighted by Gasteiger charge is -2.18. The van der Waals surface area contributed by atoms with E-state index in [-0.39, 0.29) is 0 Å². The van der Waals surface area contributed by atoms with Crippen LogP contribution in [0.3, 0.4) is 0 Å². The van der Waals surface area contributed by atoms with Gasteiger partial charge in [-0.2, -0.15) is 0 Å². The van der Waals surface area contributed by atoms with Gasteiger partial charge in [-0.15, -0.1) is 11.6 Å². The van der Waals surface area contributed by atoms with Crippen LogP contribution in [0.15, 0.2) is 12.1 Å². The number of halogens is 1. The summed E-state index contributed by atoms with van der Waals surface area (Å²) < 4.78 is 0. The molecule has 1 fully saturated rings. The molecule has 0 amide bonds. The summed E-state index contributed by atoms with van der Waals surface area (Å²) in [5, 5.41) is 0. The minimum atomic E-state index is 0.570. The summed E-state index contributed by atoms with van der Waals surface area (Å²) in [5.41, 5.74) is 2.31. The van der Waals surface area contributed by atoms with E-state index in [1.165, 1.54) is 18.4 Å². The Kier molecular flexibility index (Phi) is 3.15. The Morgan fingerprint density at radius 2 is 2.20 bits per heavy atom. The van der Waals surface area contributed by atoms with Gasteiger partial charge in [0.25, 0.3) is 0 Å². The zero-order chi connectivity index (χ0) is 10.8. The van der Waals surface area contributed by atoms with Crippen molar-refractivity contribution in [1.82, 2.24) is 4.98 Å². The van der Waals surface area contributed by atoms with Crippen LogP contribution < -0.4 is 4.90 Å². The highest BCUT2D eigenvalue weighted by Gasteiger charge is 2.27. The number of pyridine rings is 1. The third kappa shape index (κ3) is 2.43. The van der Waals surface area contributed by atoms with Gasteiger partial charge >= 0.3 is 0 Å². The quantitative estimate of drug-likeness (QED) is 0.731. The molecular weight excluding hydrogens is 208 g/mol. The van der Waals surface area contributed by atoms with E-state index in [1.807, 2.05) is 0 Å². The molecule has 1 aromatic heterocycles. The minimum Gasteiger partial charge on any atom is -0.357 e. The third-order valence-corrected chi connectivity index (χ3v) is 3.21. The zero-order valence-corrected chi connectivity index (χ0v) is 10.1. The molecule has 82 valence electrons. The topological polar surface area (TPSA) is 16.1 Å². The van der Waals surface area contributed by atoms with Gasteiger partial charge in [0, 0.05) is 24.7 Å². The maximum Gasteiger partial charge on any atom is 0.129 e. The fourth-order valence-corrected chi connectivity index (χ4v) is 1.88. The second-order valence-electron chi connectivity index (χ2n) is 4.15. The Bertz CT molecular complexity index is 325. The van der Waals surface area contributed by atoms with Gasteiger partial charge in [0.2, 0.25) is 0 Å². The molecule has 1 aromatic rings. The van der Waals surface area contributed by atoms with Crippen LogP contribution in [0.25, 0.3) is 0 Å². The Morgan fingerprint density at radius 3 is 2.73 bits per heavy atom. The first kappa shape index (κ1) is 10.7. The third-order valence-electron chi connectivity index (χ3n) is 2.90.